The zero-order valence-electron chi connectivity index (χ0n) is 8.22. The van der Waals surface area contributed by atoms with Crippen LogP contribution >= 0.6 is 22.6 Å². The molecule has 0 fully saturated rings. The minimum Gasteiger partial charge on any atom is -0.487 e. The van der Waals surface area contributed by atoms with Crippen molar-refractivity contribution in [3.05, 3.63) is 39.7 Å². The maximum absolute atomic E-state index is 5.54. The second-order valence-electron chi connectivity index (χ2n) is 3.13. The smallest absolute Gasteiger partial charge is 0.134 e. The lowest BCUT2D eigenvalue weighted by Crippen LogP contribution is -1.95. The zero-order valence-corrected chi connectivity index (χ0v) is 10.4. The van der Waals surface area contributed by atoms with Gasteiger partial charge in [0.25, 0.3) is 0 Å². The van der Waals surface area contributed by atoms with Gasteiger partial charge in [-0.05, 0) is 46.9 Å². The number of aromatic nitrogens is 3. The molecule has 15 heavy (non-hydrogen) atoms. The van der Waals surface area contributed by atoms with Crippen LogP contribution < -0.4 is 4.74 Å². The fourth-order valence-corrected chi connectivity index (χ4v) is 1.51. The standard InChI is InChI=1S/C10H10IN3O/c1-14-6-9(12-13-14)7-15-10-4-2-8(11)3-5-10/h2-6H,7H2,1H3. The predicted octanol–water partition coefficient (Wildman–Crippen LogP) is 2.00. The molecule has 0 radical (unpaired) electrons. The fraction of sp³-hybridized carbons (Fsp3) is 0.200. The molecule has 0 atom stereocenters. The lowest BCUT2D eigenvalue weighted by atomic mass is 10.3. The summed E-state index contributed by atoms with van der Waals surface area (Å²) in [6, 6.07) is 7.90. The second kappa shape index (κ2) is 4.61. The molecule has 2 rings (SSSR count). The summed E-state index contributed by atoms with van der Waals surface area (Å²) in [5, 5.41) is 7.76. The van der Waals surface area contributed by atoms with E-state index in [0.29, 0.717) is 6.61 Å². The molecule has 0 aliphatic carbocycles. The summed E-state index contributed by atoms with van der Waals surface area (Å²) in [4.78, 5) is 0. The minimum atomic E-state index is 0.453. The highest BCUT2D eigenvalue weighted by atomic mass is 127. The van der Waals surface area contributed by atoms with Crippen LogP contribution in [0, 0.1) is 3.57 Å². The number of aryl methyl sites for hydroxylation is 1. The summed E-state index contributed by atoms with van der Waals surface area (Å²) in [6.07, 6.45) is 1.84. The maximum atomic E-state index is 5.54. The molecule has 0 bridgehead atoms. The van der Waals surface area contributed by atoms with E-state index in [4.69, 9.17) is 4.74 Å². The summed E-state index contributed by atoms with van der Waals surface area (Å²) < 4.78 is 8.39. The van der Waals surface area contributed by atoms with Gasteiger partial charge in [-0.1, -0.05) is 5.21 Å². The van der Waals surface area contributed by atoms with Gasteiger partial charge < -0.3 is 4.74 Å². The van der Waals surface area contributed by atoms with Crippen molar-refractivity contribution in [1.29, 1.82) is 0 Å². The highest BCUT2D eigenvalue weighted by Crippen LogP contribution is 2.14. The number of nitrogens with zero attached hydrogens (tertiary/aromatic N) is 3. The molecule has 0 amide bonds. The van der Waals surface area contributed by atoms with Crippen LogP contribution in [0.1, 0.15) is 5.69 Å². The van der Waals surface area contributed by atoms with Gasteiger partial charge in [-0.25, -0.2) is 0 Å². The van der Waals surface area contributed by atoms with E-state index in [-0.39, 0.29) is 0 Å². The average Bonchev–Trinajstić information content (AvgIpc) is 2.64. The van der Waals surface area contributed by atoms with Crippen molar-refractivity contribution >= 4 is 22.6 Å². The Bertz CT molecular complexity index is 438. The monoisotopic (exact) mass is 315 g/mol. The first-order valence-electron chi connectivity index (χ1n) is 4.47. The quantitative estimate of drug-likeness (QED) is 0.814. The molecule has 0 aliphatic heterocycles. The van der Waals surface area contributed by atoms with Gasteiger partial charge >= 0.3 is 0 Å². The molecule has 78 valence electrons. The summed E-state index contributed by atoms with van der Waals surface area (Å²) in [5.74, 6) is 0.848. The van der Waals surface area contributed by atoms with Gasteiger partial charge in [0.1, 0.15) is 18.1 Å². The van der Waals surface area contributed by atoms with E-state index in [2.05, 4.69) is 32.9 Å². The Kier molecular flexibility index (Phi) is 3.20. The van der Waals surface area contributed by atoms with Crippen LogP contribution in [0.25, 0.3) is 0 Å². The lowest BCUT2D eigenvalue weighted by molar-refractivity contribution is 0.301. The lowest BCUT2D eigenvalue weighted by Gasteiger charge is -2.02. The second-order valence-corrected chi connectivity index (χ2v) is 4.37. The van der Waals surface area contributed by atoms with E-state index in [1.807, 2.05) is 37.5 Å². The number of benzene rings is 1. The molecule has 0 spiro atoms. The Morgan fingerprint density at radius 3 is 2.67 bits per heavy atom. The first-order valence-corrected chi connectivity index (χ1v) is 5.55. The van der Waals surface area contributed by atoms with Gasteiger partial charge in [0.2, 0.25) is 0 Å². The highest BCUT2D eigenvalue weighted by molar-refractivity contribution is 14.1. The van der Waals surface area contributed by atoms with Gasteiger partial charge in [-0.3, -0.25) is 4.68 Å². The summed E-state index contributed by atoms with van der Waals surface area (Å²) in [7, 11) is 1.83. The van der Waals surface area contributed by atoms with Gasteiger partial charge in [-0.2, -0.15) is 0 Å². The number of rotatable bonds is 3. The Morgan fingerprint density at radius 2 is 2.07 bits per heavy atom. The van der Waals surface area contributed by atoms with E-state index in [1.54, 1.807) is 4.68 Å². The number of hydrogen-bond acceptors (Lipinski definition) is 3. The van der Waals surface area contributed by atoms with Crippen molar-refractivity contribution < 1.29 is 4.74 Å². The number of hydrogen-bond donors (Lipinski definition) is 0. The number of halogens is 1. The minimum absolute atomic E-state index is 0.453. The molecule has 0 saturated heterocycles. The van der Waals surface area contributed by atoms with Crippen molar-refractivity contribution in [3.63, 3.8) is 0 Å². The van der Waals surface area contributed by atoms with E-state index < -0.39 is 0 Å². The van der Waals surface area contributed by atoms with Crippen LogP contribution in [0.5, 0.6) is 5.75 Å². The third-order valence-corrected chi connectivity index (χ3v) is 2.57. The molecule has 0 aliphatic rings. The molecular formula is C10H10IN3O. The number of ether oxygens (including phenoxy) is 1. The zero-order chi connectivity index (χ0) is 10.7. The van der Waals surface area contributed by atoms with Crippen LogP contribution in [0.3, 0.4) is 0 Å². The maximum Gasteiger partial charge on any atom is 0.134 e. The van der Waals surface area contributed by atoms with E-state index >= 15 is 0 Å². The molecule has 0 N–H and O–H groups in total. The van der Waals surface area contributed by atoms with Gasteiger partial charge in [0.05, 0.1) is 6.20 Å². The van der Waals surface area contributed by atoms with Crippen molar-refractivity contribution in [1.82, 2.24) is 15.0 Å². The summed E-state index contributed by atoms with van der Waals surface area (Å²) in [5.41, 5.74) is 0.830. The molecule has 1 aromatic carbocycles. The van der Waals surface area contributed by atoms with Crippen LogP contribution in [0.2, 0.25) is 0 Å². The third-order valence-electron chi connectivity index (χ3n) is 1.85. The fourth-order valence-electron chi connectivity index (χ4n) is 1.15. The Balaban J connectivity index is 1.96. The molecule has 4 nitrogen and oxygen atoms in total. The van der Waals surface area contributed by atoms with E-state index in [0.717, 1.165) is 11.4 Å². The van der Waals surface area contributed by atoms with E-state index in [9.17, 15) is 0 Å². The average molecular weight is 315 g/mol. The normalized spacial score (nSPS) is 10.3. The molecular weight excluding hydrogens is 305 g/mol. The third kappa shape index (κ3) is 2.92. The van der Waals surface area contributed by atoms with Crippen molar-refractivity contribution in [2.24, 2.45) is 7.05 Å². The molecule has 5 heteroatoms. The van der Waals surface area contributed by atoms with Crippen LogP contribution in [-0.4, -0.2) is 15.0 Å². The molecule has 1 aromatic heterocycles. The highest BCUT2D eigenvalue weighted by Gasteiger charge is 1.99. The van der Waals surface area contributed by atoms with Gasteiger partial charge in [0.15, 0.2) is 0 Å². The Hall–Kier alpha value is -1.11. The molecule has 2 aromatic rings. The van der Waals surface area contributed by atoms with Gasteiger partial charge in [-0.15, -0.1) is 5.10 Å². The van der Waals surface area contributed by atoms with Crippen LogP contribution in [0.4, 0.5) is 0 Å². The molecule has 0 saturated carbocycles. The summed E-state index contributed by atoms with van der Waals surface area (Å²) in [6.45, 7) is 0.453. The van der Waals surface area contributed by atoms with Gasteiger partial charge in [0, 0.05) is 10.6 Å². The Labute approximate surface area is 101 Å². The van der Waals surface area contributed by atoms with Crippen molar-refractivity contribution in [2.75, 3.05) is 0 Å². The Morgan fingerprint density at radius 1 is 1.33 bits per heavy atom. The molecule has 1 heterocycles. The van der Waals surface area contributed by atoms with Crippen LogP contribution in [-0.2, 0) is 13.7 Å². The van der Waals surface area contributed by atoms with Crippen LogP contribution in [0.15, 0.2) is 30.5 Å². The van der Waals surface area contributed by atoms with Crippen molar-refractivity contribution in [3.8, 4) is 5.75 Å². The van der Waals surface area contributed by atoms with Crippen molar-refractivity contribution in [2.45, 2.75) is 6.61 Å². The summed E-state index contributed by atoms with van der Waals surface area (Å²) >= 11 is 2.26. The van der Waals surface area contributed by atoms with E-state index in [1.165, 1.54) is 3.57 Å². The largest absolute Gasteiger partial charge is 0.487 e. The molecule has 0 unspecified atom stereocenters. The SMILES string of the molecule is Cn1cc(COc2ccc(I)cc2)nn1. The topological polar surface area (TPSA) is 39.9 Å². The first-order chi connectivity index (χ1) is 7.24. The first kappa shape index (κ1) is 10.4. The predicted molar refractivity (Wildman–Crippen MR) is 64.5 cm³/mol.